The molecule has 0 aliphatic rings. The zero-order valence-electron chi connectivity index (χ0n) is 8.81. The van der Waals surface area contributed by atoms with Crippen molar-refractivity contribution in [3.8, 4) is 5.75 Å². The van der Waals surface area contributed by atoms with Gasteiger partial charge in [0.1, 0.15) is 18.2 Å². The van der Waals surface area contributed by atoms with Crippen LogP contribution in [0, 0.1) is 5.82 Å². The van der Waals surface area contributed by atoms with Crippen molar-refractivity contribution >= 4 is 9.84 Å². The average Bonchev–Trinajstić information content (AvgIpc) is 2.18. The van der Waals surface area contributed by atoms with E-state index >= 15 is 0 Å². The van der Waals surface area contributed by atoms with Crippen molar-refractivity contribution in [2.45, 2.75) is 6.61 Å². The molecule has 0 saturated heterocycles. The molecule has 0 unspecified atom stereocenters. The molecular formula is C10H13FO4S. The Kier molecular flexibility index (Phi) is 4.26. The highest BCUT2D eigenvalue weighted by molar-refractivity contribution is 7.90. The molecule has 0 aliphatic heterocycles. The van der Waals surface area contributed by atoms with Gasteiger partial charge in [0.05, 0.1) is 12.4 Å². The quantitative estimate of drug-likeness (QED) is 0.834. The minimum Gasteiger partial charge on any atom is -0.492 e. The maximum absolute atomic E-state index is 12.8. The van der Waals surface area contributed by atoms with Crippen LogP contribution in [0.2, 0.25) is 0 Å². The molecule has 0 aromatic heterocycles. The zero-order chi connectivity index (χ0) is 12.2. The number of aliphatic hydroxyl groups excluding tert-OH is 1. The van der Waals surface area contributed by atoms with E-state index in [2.05, 4.69) is 0 Å². The van der Waals surface area contributed by atoms with Gasteiger partial charge in [0.25, 0.3) is 0 Å². The van der Waals surface area contributed by atoms with E-state index in [0.717, 1.165) is 12.3 Å². The van der Waals surface area contributed by atoms with Gasteiger partial charge in [-0.3, -0.25) is 0 Å². The lowest BCUT2D eigenvalue weighted by atomic mass is 10.2. The third kappa shape index (κ3) is 4.16. The van der Waals surface area contributed by atoms with Crippen molar-refractivity contribution in [1.82, 2.24) is 0 Å². The molecule has 0 radical (unpaired) electrons. The minimum absolute atomic E-state index is 0.0164. The molecule has 0 fully saturated rings. The molecule has 0 aliphatic carbocycles. The third-order valence-electron chi connectivity index (χ3n) is 1.90. The summed E-state index contributed by atoms with van der Waals surface area (Å²) in [4.78, 5) is 0. The second kappa shape index (κ2) is 5.27. The van der Waals surface area contributed by atoms with Crippen molar-refractivity contribution in [3.05, 3.63) is 29.6 Å². The highest BCUT2D eigenvalue weighted by Crippen LogP contribution is 2.19. The molecule has 0 saturated carbocycles. The van der Waals surface area contributed by atoms with Crippen LogP contribution in [0.5, 0.6) is 5.75 Å². The summed E-state index contributed by atoms with van der Waals surface area (Å²) >= 11 is 0. The maximum atomic E-state index is 12.8. The van der Waals surface area contributed by atoms with Crippen molar-refractivity contribution in [3.63, 3.8) is 0 Å². The molecule has 90 valence electrons. The molecule has 1 N–H and O–H groups in total. The van der Waals surface area contributed by atoms with E-state index in [1.165, 1.54) is 12.1 Å². The van der Waals surface area contributed by atoms with Gasteiger partial charge in [-0.1, -0.05) is 0 Å². The van der Waals surface area contributed by atoms with Crippen LogP contribution >= 0.6 is 0 Å². The fourth-order valence-electron chi connectivity index (χ4n) is 1.12. The first kappa shape index (κ1) is 12.9. The van der Waals surface area contributed by atoms with Gasteiger partial charge >= 0.3 is 0 Å². The topological polar surface area (TPSA) is 63.6 Å². The first-order chi connectivity index (χ1) is 7.42. The van der Waals surface area contributed by atoms with Gasteiger partial charge in [0.15, 0.2) is 9.84 Å². The molecule has 16 heavy (non-hydrogen) atoms. The summed E-state index contributed by atoms with van der Waals surface area (Å²) in [5, 5.41) is 8.94. The van der Waals surface area contributed by atoms with Gasteiger partial charge in [-0.05, 0) is 18.2 Å². The van der Waals surface area contributed by atoms with Crippen molar-refractivity contribution in [1.29, 1.82) is 0 Å². The van der Waals surface area contributed by atoms with Gasteiger partial charge in [-0.2, -0.15) is 0 Å². The standard InChI is InChI=1S/C10H13FO4S/c1-16(13,14)5-4-15-10-3-2-9(11)6-8(10)7-12/h2-3,6,12H,4-5,7H2,1H3. The summed E-state index contributed by atoms with van der Waals surface area (Å²) in [5.41, 5.74) is 0.300. The summed E-state index contributed by atoms with van der Waals surface area (Å²) in [6, 6.07) is 3.70. The SMILES string of the molecule is CS(=O)(=O)CCOc1ccc(F)cc1CO. The van der Waals surface area contributed by atoms with E-state index in [9.17, 15) is 12.8 Å². The predicted molar refractivity (Wildman–Crippen MR) is 57.5 cm³/mol. The maximum Gasteiger partial charge on any atom is 0.150 e. The average molecular weight is 248 g/mol. The Bertz CT molecular complexity index is 456. The van der Waals surface area contributed by atoms with E-state index in [1.54, 1.807) is 0 Å². The van der Waals surface area contributed by atoms with Gasteiger partial charge in [0, 0.05) is 11.8 Å². The van der Waals surface area contributed by atoms with E-state index in [1.807, 2.05) is 0 Å². The largest absolute Gasteiger partial charge is 0.492 e. The van der Waals surface area contributed by atoms with Crippen LogP contribution in [0.15, 0.2) is 18.2 Å². The first-order valence-electron chi connectivity index (χ1n) is 4.62. The summed E-state index contributed by atoms with van der Waals surface area (Å²) in [6.07, 6.45) is 1.11. The molecule has 1 rings (SSSR count). The molecule has 0 amide bonds. The Morgan fingerprint density at radius 3 is 2.69 bits per heavy atom. The number of hydrogen-bond donors (Lipinski definition) is 1. The van der Waals surface area contributed by atoms with E-state index < -0.39 is 15.7 Å². The van der Waals surface area contributed by atoms with Crippen LogP contribution in [-0.4, -0.2) is 32.1 Å². The molecule has 1 aromatic rings. The highest BCUT2D eigenvalue weighted by Gasteiger charge is 2.06. The number of halogens is 1. The zero-order valence-corrected chi connectivity index (χ0v) is 9.63. The van der Waals surface area contributed by atoms with Gasteiger partial charge in [-0.15, -0.1) is 0 Å². The number of sulfone groups is 1. The second-order valence-electron chi connectivity index (χ2n) is 3.39. The molecule has 0 heterocycles. The van der Waals surface area contributed by atoms with Gasteiger partial charge in [-0.25, -0.2) is 12.8 Å². The monoisotopic (exact) mass is 248 g/mol. The Hall–Kier alpha value is -1.14. The highest BCUT2D eigenvalue weighted by atomic mass is 32.2. The molecular weight excluding hydrogens is 235 g/mol. The molecule has 0 spiro atoms. The van der Waals surface area contributed by atoms with Gasteiger partial charge in [0.2, 0.25) is 0 Å². The van der Waals surface area contributed by atoms with Crippen molar-refractivity contribution < 1.29 is 22.7 Å². The fraction of sp³-hybridized carbons (Fsp3) is 0.400. The second-order valence-corrected chi connectivity index (χ2v) is 5.65. The molecule has 0 bridgehead atoms. The first-order valence-corrected chi connectivity index (χ1v) is 6.68. The van der Waals surface area contributed by atoms with E-state index in [4.69, 9.17) is 9.84 Å². The molecule has 0 atom stereocenters. The lowest BCUT2D eigenvalue weighted by Gasteiger charge is -2.09. The van der Waals surface area contributed by atoms with Crippen LogP contribution in [-0.2, 0) is 16.4 Å². The van der Waals surface area contributed by atoms with Crippen LogP contribution < -0.4 is 4.74 Å². The van der Waals surface area contributed by atoms with Gasteiger partial charge < -0.3 is 9.84 Å². The van der Waals surface area contributed by atoms with Crippen LogP contribution in [0.25, 0.3) is 0 Å². The summed E-state index contributed by atoms with van der Waals surface area (Å²) in [7, 11) is -3.08. The molecule has 4 nitrogen and oxygen atoms in total. The number of rotatable bonds is 5. The fourth-order valence-corrected chi connectivity index (χ4v) is 1.50. The van der Waals surface area contributed by atoms with Crippen LogP contribution in [0.4, 0.5) is 4.39 Å². The summed E-state index contributed by atoms with van der Waals surface area (Å²) < 4.78 is 39.6. The van der Waals surface area contributed by atoms with E-state index in [-0.39, 0.29) is 19.0 Å². The Morgan fingerprint density at radius 1 is 1.44 bits per heavy atom. The minimum atomic E-state index is -3.08. The number of benzene rings is 1. The molecule has 6 heteroatoms. The predicted octanol–water partition coefficient (Wildman–Crippen LogP) is 0.741. The van der Waals surface area contributed by atoms with Crippen LogP contribution in [0.3, 0.4) is 0 Å². The Labute approximate surface area is 93.6 Å². The Morgan fingerprint density at radius 2 is 2.12 bits per heavy atom. The number of ether oxygens (including phenoxy) is 1. The van der Waals surface area contributed by atoms with Crippen molar-refractivity contribution in [2.24, 2.45) is 0 Å². The lowest BCUT2D eigenvalue weighted by molar-refractivity contribution is 0.266. The third-order valence-corrected chi connectivity index (χ3v) is 2.81. The Balaban J connectivity index is 2.67. The molecule has 1 aromatic carbocycles. The van der Waals surface area contributed by atoms with E-state index in [0.29, 0.717) is 11.3 Å². The number of aliphatic hydroxyl groups is 1. The smallest absolute Gasteiger partial charge is 0.150 e. The van der Waals surface area contributed by atoms with Crippen molar-refractivity contribution in [2.75, 3.05) is 18.6 Å². The summed E-state index contributed by atoms with van der Waals surface area (Å²) in [6.45, 7) is -0.372. The number of hydrogen-bond acceptors (Lipinski definition) is 4. The van der Waals surface area contributed by atoms with Crippen LogP contribution in [0.1, 0.15) is 5.56 Å². The normalized spacial score (nSPS) is 11.4. The summed E-state index contributed by atoms with van der Waals surface area (Å²) in [5.74, 6) is -0.290. The lowest BCUT2D eigenvalue weighted by Crippen LogP contribution is -2.12.